The van der Waals surface area contributed by atoms with Gasteiger partial charge in [0, 0.05) is 6.04 Å². The Hall–Kier alpha value is -0.0800. The van der Waals surface area contributed by atoms with Gasteiger partial charge in [0.25, 0.3) is 0 Å². The number of hydrogen-bond donors (Lipinski definition) is 2. The lowest BCUT2D eigenvalue weighted by Gasteiger charge is -2.29. The fourth-order valence-electron chi connectivity index (χ4n) is 1.33. The van der Waals surface area contributed by atoms with Gasteiger partial charge in [0.05, 0.1) is 5.60 Å². The van der Waals surface area contributed by atoms with Crippen LogP contribution < -0.4 is 5.32 Å². The fraction of sp³-hybridized carbons (Fsp3) is 1.00. The monoisotopic (exact) mass is 127 g/mol. The van der Waals surface area contributed by atoms with Crippen LogP contribution in [0.1, 0.15) is 25.7 Å². The van der Waals surface area contributed by atoms with E-state index in [2.05, 4.69) is 5.32 Å². The lowest BCUT2D eigenvalue weighted by molar-refractivity contribution is 0.112. The van der Waals surface area contributed by atoms with Gasteiger partial charge < -0.3 is 10.4 Å². The van der Waals surface area contributed by atoms with E-state index in [9.17, 15) is 5.11 Å². The van der Waals surface area contributed by atoms with E-state index in [4.69, 9.17) is 0 Å². The molecule has 0 bridgehead atoms. The van der Waals surface area contributed by atoms with E-state index in [1.165, 1.54) is 6.42 Å². The molecular formula is C7H13NO. The highest BCUT2D eigenvalue weighted by Crippen LogP contribution is 2.40. The molecule has 2 aliphatic rings. The summed E-state index contributed by atoms with van der Waals surface area (Å²) in [6.45, 7) is 1.15. The van der Waals surface area contributed by atoms with E-state index < -0.39 is 0 Å². The van der Waals surface area contributed by atoms with Crippen LogP contribution in [0.5, 0.6) is 0 Å². The molecule has 0 radical (unpaired) electrons. The summed E-state index contributed by atoms with van der Waals surface area (Å²) in [5, 5.41) is 12.7. The topological polar surface area (TPSA) is 32.3 Å². The molecule has 1 saturated carbocycles. The molecule has 1 atom stereocenters. The Morgan fingerprint density at radius 3 is 2.56 bits per heavy atom. The third-order valence-electron chi connectivity index (χ3n) is 2.38. The number of hydrogen-bond acceptors (Lipinski definition) is 2. The molecule has 2 fully saturated rings. The summed E-state index contributed by atoms with van der Waals surface area (Å²) in [6.07, 6.45) is 4.33. The second kappa shape index (κ2) is 1.70. The largest absolute Gasteiger partial charge is 0.390 e. The second-order valence-corrected chi connectivity index (χ2v) is 3.37. The summed E-state index contributed by atoms with van der Waals surface area (Å²) in [5.74, 6) is 0. The molecule has 52 valence electrons. The van der Waals surface area contributed by atoms with Crippen LogP contribution in [-0.4, -0.2) is 23.3 Å². The molecule has 2 N–H and O–H groups in total. The summed E-state index contributed by atoms with van der Waals surface area (Å²) >= 11 is 0. The first kappa shape index (κ1) is 5.69. The molecule has 1 unspecified atom stereocenters. The molecule has 0 aromatic heterocycles. The van der Waals surface area contributed by atoms with E-state index in [0.29, 0.717) is 6.04 Å². The van der Waals surface area contributed by atoms with Crippen LogP contribution in [-0.2, 0) is 0 Å². The predicted octanol–water partition coefficient (Wildman–Crippen LogP) is 0.263. The number of nitrogens with one attached hydrogen (secondary N) is 1. The van der Waals surface area contributed by atoms with Gasteiger partial charge in [0.15, 0.2) is 0 Å². The third kappa shape index (κ3) is 1.10. The highest BCUT2D eigenvalue weighted by molar-refractivity contribution is 4.98. The first-order valence-electron chi connectivity index (χ1n) is 3.74. The van der Waals surface area contributed by atoms with E-state index >= 15 is 0 Å². The molecule has 1 heterocycles. The number of rotatable bonds is 2. The summed E-state index contributed by atoms with van der Waals surface area (Å²) in [5.41, 5.74) is -0.238. The van der Waals surface area contributed by atoms with E-state index in [1.807, 2.05) is 0 Å². The number of aliphatic hydroxyl groups is 1. The zero-order valence-electron chi connectivity index (χ0n) is 5.56. The lowest BCUT2D eigenvalue weighted by atomic mass is 9.99. The molecular weight excluding hydrogens is 114 g/mol. The molecule has 1 aliphatic heterocycles. The van der Waals surface area contributed by atoms with Gasteiger partial charge in [-0.25, -0.2) is 0 Å². The molecule has 2 rings (SSSR count). The van der Waals surface area contributed by atoms with Crippen molar-refractivity contribution in [2.75, 3.05) is 6.54 Å². The Balaban J connectivity index is 1.76. The van der Waals surface area contributed by atoms with Crippen LogP contribution in [0.25, 0.3) is 0 Å². The summed E-state index contributed by atoms with van der Waals surface area (Å²) in [7, 11) is 0. The van der Waals surface area contributed by atoms with E-state index in [1.54, 1.807) is 0 Å². The molecule has 0 aromatic rings. The van der Waals surface area contributed by atoms with Gasteiger partial charge in [0.1, 0.15) is 0 Å². The van der Waals surface area contributed by atoms with Crippen LogP contribution in [0.15, 0.2) is 0 Å². The van der Waals surface area contributed by atoms with Crippen LogP contribution in [0.2, 0.25) is 0 Å². The molecule has 0 aromatic carbocycles. The Labute approximate surface area is 55.3 Å². The van der Waals surface area contributed by atoms with Gasteiger partial charge in [-0.3, -0.25) is 0 Å². The van der Waals surface area contributed by atoms with Crippen molar-refractivity contribution in [1.29, 1.82) is 0 Å². The van der Waals surface area contributed by atoms with Crippen molar-refractivity contribution in [3.05, 3.63) is 0 Å². The van der Waals surface area contributed by atoms with Crippen molar-refractivity contribution < 1.29 is 5.11 Å². The molecule has 2 heteroatoms. The summed E-state index contributed by atoms with van der Waals surface area (Å²) in [6, 6.07) is 0.637. The van der Waals surface area contributed by atoms with Crippen LogP contribution in [0.3, 0.4) is 0 Å². The van der Waals surface area contributed by atoms with Gasteiger partial charge in [0.2, 0.25) is 0 Å². The minimum atomic E-state index is -0.238. The highest BCUT2D eigenvalue weighted by Gasteiger charge is 2.42. The van der Waals surface area contributed by atoms with Gasteiger partial charge in [-0.2, -0.15) is 0 Å². The average molecular weight is 127 g/mol. The van der Waals surface area contributed by atoms with E-state index in [-0.39, 0.29) is 5.60 Å². The fourth-order valence-corrected chi connectivity index (χ4v) is 1.33. The molecule has 0 amide bonds. The second-order valence-electron chi connectivity index (χ2n) is 3.37. The minimum absolute atomic E-state index is 0.238. The Bertz CT molecular complexity index is 116. The first-order chi connectivity index (χ1) is 4.29. The summed E-state index contributed by atoms with van der Waals surface area (Å²) < 4.78 is 0. The van der Waals surface area contributed by atoms with Gasteiger partial charge >= 0.3 is 0 Å². The molecule has 2 nitrogen and oxygen atoms in total. The summed E-state index contributed by atoms with van der Waals surface area (Å²) in [4.78, 5) is 0. The van der Waals surface area contributed by atoms with Crippen molar-refractivity contribution in [2.45, 2.75) is 37.3 Å². The first-order valence-corrected chi connectivity index (χ1v) is 3.74. The molecule has 0 spiro atoms. The molecule has 9 heavy (non-hydrogen) atoms. The predicted molar refractivity (Wildman–Crippen MR) is 35.2 cm³/mol. The van der Waals surface area contributed by atoms with Crippen molar-refractivity contribution >= 4 is 0 Å². The van der Waals surface area contributed by atoms with Crippen molar-refractivity contribution in [1.82, 2.24) is 5.32 Å². The minimum Gasteiger partial charge on any atom is -0.390 e. The quantitative estimate of drug-likeness (QED) is 0.558. The molecule has 1 aliphatic carbocycles. The Morgan fingerprint density at radius 2 is 2.22 bits per heavy atom. The van der Waals surface area contributed by atoms with Crippen LogP contribution in [0, 0.1) is 0 Å². The third-order valence-corrected chi connectivity index (χ3v) is 2.38. The maximum Gasteiger partial charge on any atom is 0.0664 e. The zero-order chi connectivity index (χ0) is 6.32. The standard InChI is InChI=1S/C7H13NO/c9-7(2-3-7)5-6-1-4-8-6/h6,8-9H,1-5H2. The van der Waals surface area contributed by atoms with Crippen molar-refractivity contribution in [2.24, 2.45) is 0 Å². The smallest absolute Gasteiger partial charge is 0.0664 e. The highest BCUT2D eigenvalue weighted by atomic mass is 16.3. The molecule has 1 saturated heterocycles. The van der Waals surface area contributed by atoms with Crippen molar-refractivity contribution in [3.8, 4) is 0 Å². The van der Waals surface area contributed by atoms with Crippen molar-refractivity contribution in [3.63, 3.8) is 0 Å². The lowest BCUT2D eigenvalue weighted by Crippen LogP contribution is -2.45. The average Bonchev–Trinajstić information content (AvgIpc) is 2.39. The maximum absolute atomic E-state index is 9.42. The van der Waals surface area contributed by atoms with Crippen LogP contribution in [0.4, 0.5) is 0 Å². The Kier molecular flexibility index (Phi) is 1.08. The SMILES string of the molecule is OC1(CC2CCN2)CC1. The maximum atomic E-state index is 9.42. The Morgan fingerprint density at radius 1 is 1.56 bits per heavy atom. The van der Waals surface area contributed by atoms with Gasteiger partial charge in [-0.15, -0.1) is 0 Å². The normalized spacial score (nSPS) is 37.7. The van der Waals surface area contributed by atoms with Crippen LogP contribution >= 0.6 is 0 Å². The zero-order valence-corrected chi connectivity index (χ0v) is 5.56. The van der Waals surface area contributed by atoms with Gasteiger partial charge in [-0.05, 0) is 32.2 Å². The van der Waals surface area contributed by atoms with E-state index in [0.717, 1.165) is 25.8 Å². The van der Waals surface area contributed by atoms with Gasteiger partial charge in [-0.1, -0.05) is 0 Å².